The average Bonchev–Trinajstić information content (AvgIpc) is 2.31. The maximum absolute atomic E-state index is 12.1. The van der Waals surface area contributed by atoms with E-state index in [1.54, 1.807) is 18.2 Å². The largest absolute Gasteiger partial charge is 0.492 e. The van der Waals surface area contributed by atoms with E-state index in [1.165, 1.54) is 0 Å². The van der Waals surface area contributed by atoms with E-state index in [2.05, 4.69) is 0 Å². The molecule has 94 valence electrons. The van der Waals surface area contributed by atoms with Crippen LogP contribution >= 0.6 is 11.6 Å². The summed E-state index contributed by atoms with van der Waals surface area (Å²) in [6.07, 6.45) is 0. The van der Waals surface area contributed by atoms with Gasteiger partial charge in [0.2, 0.25) is 0 Å². The van der Waals surface area contributed by atoms with Gasteiger partial charge in [0.05, 0.1) is 11.6 Å². The van der Waals surface area contributed by atoms with Crippen LogP contribution in [-0.2, 0) is 0 Å². The van der Waals surface area contributed by atoms with Crippen molar-refractivity contribution in [3.63, 3.8) is 0 Å². The molecule has 0 fully saturated rings. The second kappa shape index (κ2) is 5.52. The third-order valence-electron chi connectivity index (χ3n) is 2.62. The molecule has 0 heterocycles. The number of rotatable bonds is 5. The molecule has 0 atom stereocenters. The van der Waals surface area contributed by atoms with Gasteiger partial charge in [0.1, 0.15) is 5.75 Å². The number of halogens is 1. The summed E-state index contributed by atoms with van der Waals surface area (Å²) in [5.74, 6) is 0.584. The van der Waals surface area contributed by atoms with Gasteiger partial charge in [-0.25, -0.2) is 0 Å². The molecule has 0 amide bonds. The topological polar surface area (TPSA) is 52.3 Å². The molecule has 0 saturated carbocycles. The smallest absolute Gasteiger partial charge is 0.169 e. The molecule has 17 heavy (non-hydrogen) atoms. The number of benzene rings is 1. The lowest BCUT2D eigenvalue weighted by Gasteiger charge is -2.20. The first-order valence-electron chi connectivity index (χ1n) is 5.59. The van der Waals surface area contributed by atoms with E-state index in [1.807, 2.05) is 20.8 Å². The highest BCUT2D eigenvalue weighted by molar-refractivity contribution is 6.32. The predicted molar refractivity (Wildman–Crippen MR) is 69.8 cm³/mol. The van der Waals surface area contributed by atoms with Gasteiger partial charge >= 0.3 is 0 Å². The van der Waals surface area contributed by atoms with Gasteiger partial charge in [-0.3, -0.25) is 4.79 Å². The van der Waals surface area contributed by atoms with Crippen LogP contribution in [0.4, 0.5) is 0 Å². The zero-order valence-corrected chi connectivity index (χ0v) is 11.2. The number of carbonyl (C=O) groups is 1. The Labute approximate surface area is 107 Å². The van der Waals surface area contributed by atoms with Crippen LogP contribution in [0.15, 0.2) is 18.2 Å². The van der Waals surface area contributed by atoms with Crippen LogP contribution in [0.2, 0.25) is 5.02 Å². The van der Waals surface area contributed by atoms with Crippen molar-refractivity contribution in [3.05, 3.63) is 28.8 Å². The number of Topliss-reactive ketones (excluding diaryl/α,β-unsaturated/α-hetero) is 1. The molecular formula is C13H18ClNO2. The molecule has 1 aromatic rings. The van der Waals surface area contributed by atoms with Crippen LogP contribution in [-0.4, -0.2) is 18.9 Å². The van der Waals surface area contributed by atoms with Gasteiger partial charge in [-0.2, -0.15) is 0 Å². The van der Waals surface area contributed by atoms with E-state index in [0.29, 0.717) is 29.5 Å². The van der Waals surface area contributed by atoms with Gasteiger partial charge in [-0.1, -0.05) is 25.4 Å². The van der Waals surface area contributed by atoms with Crippen molar-refractivity contribution in [1.82, 2.24) is 0 Å². The van der Waals surface area contributed by atoms with Crippen molar-refractivity contribution in [1.29, 1.82) is 0 Å². The fraction of sp³-hybridized carbons (Fsp3) is 0.462. The minimum atomic E-state index is -0.573. The molecule has 0 radical (unpaired) electrons. The van der Waals surface area contributed by atoms with E-state index >= 15 is 0 Å². The SMILES string of the molecule is CCOc1ccc(C(=O)C(C)(C)CN)cc1Cl. The first-order valence-corrected chi connectivity index (χ1v) is 5.97. The lowest BCUT2D eigenvalue weighted by molar-refractivity contribution is 0.0847. The van der Waals surface area contributed by atoms with Crippen molar-refractivity contribution in [2.45, 2.75) is 20.8 Å². The predicted octanol–water partition coefficient (Wildman–Crippen LogP) is 2.91. The molecule has 1 aromatic carbocycles. The fourth-order valence-corrected chi connectivity index (χ4v) is 1.63. The van der Waals surface area contributed by atoms with Crippen LogP contribution < -0.4 is 10.5 Å². The summed E-state index contributed by atoms with van der Waals surface area (Å²) in [7, 11) is 0. The van der Waals surface area contributed by atoms with Crippen molar-refractivity contribution in [2.24, 2.45) is 11.1 Å². The van der Waals surface area contributed by atoms with Crippen LogP contribution in [0.3, 0.4) is 0 Å². The van der Waals surface area contributed by atoms with Crippen molar-refractivity contribution in [2.75, 3.05) is 13.2 Å². The van der Waals surface area contributed by atoms with Crippen LogP contribution in [0.25, 0.3) is 0 Å². The lowest BCUT2D eigenvalue weighted by atomic mass is 9.84. The standard InChI is InChI=1S/C13H18ClNO2/c1-4-17-11-6-5-9(7-10(11)14)12(16)13(2,3)8-15/h5-7H,4,8,15H2,1-3H3. The lowest BCUT2D eigenvalue weighted by Crippen LogP contribution is -2.32. The van der Waals surface area contributed by atoms with Crippen molar-refractivity contribution >= 4 is 17.4 Å². The second-order valence-corrected chi connectivity index (χ2v) is 4.90. The summed E-state index contributed by atoms with van der Waals surface area (Å²) in [5.41, 5.74) is 5.57. The molecule has 0 spiro atoms. The minimum Gasteiger partial charge on any atom is -0.492 e. The maximum Gasteiger partial charge on any atom is 0.169 e. The molecule has 0 aliphatic carbocycles. The van der Waals surface area contributed by atoms with E-state index in [0.717, 1.165) is 0 Å². The van der Waals surface area contributed by atoms with Crippen LogP contribution in [0.5, 0.6) is 5.75 Å². The van der Waals surface area contributed by atoms with Gasteiger partial charge in [-0.15, -0.1) is 0 Å². The van der Waals surface area contributed by atoms with Crippen LogP contribution in [0.1, 0.15) is 31.1 Å². The normalized spacial score (nSPS) is 11.4. The fourth-order valence-electron chi connectivity index (χ4n) is 1.40. The zero-order chi connectivity index (χ0) is 13.1. The Morgan fingerprint density at radius 2 is 2.12 bits per heavy atom. The van der Waals surface area contributed by atoms with Gasteiger partial charge in [0, 0.05) is 17.5 Å². The summed E-state index contributed by atoms with van der Waals surface area (Å²) >= 11 is 6.04. The summed E-state index contributed by atoms with van der Waals surface area (Å²) in [4.78, 5) is 12.1. The zero-order valence-electron chi connectivity index (χ0n) is 10.4. The first-order chi connectivity index (χ1) is 7.92. The number of ketones is 1. The highest BCUT2D eigenvalue weighted by atomic mass is 35.5. The van der Waals surface area contributed by atoms with Crippen molar-refractivity contribution < 1.29 is 9.53 Å². The summed E-state index contributed by atoms with van der Waals surface area (Å²) in [5, 5.41) is 0.450. The number of nitrogens with two attached hydrogens (primary N) is 1. The molecule has 1 rings (SSSR count). The maximum atomic E-state index is 12.1. The van der Waals surface area contributed by atoms with E-state index in [9.17, 15) is 4.79 Å². The van der Waals surface area contributed by atoms with Crippen molar-refractivity contribution in [3.8, 4) is 5.75 Å². The summed E-state index contributed by atoms with van der Waals surface area (Å²) in [6, 6.07) is 5.06. The third kappa shape index (κ3) is 3.20. The Hall–Kier alpha value is -1.06. The van der Waals surface area contributed by atoms with E-state index in [4.69, 9.17) is 22.1 Å². The Bertz CT molecular complexity index is 416. The molecule has 2 N–H and O–H groups in total. The average molecular weight is 256 g/mol. The quantitative estimate of drug-likeness (QED) is 0.823. The van der Waals surface area contributed by atoms with Gasteiger partial charge in [0.25, 0.3) is 0 Å². The number of hydrogen-bond acceptors (Lipinski definition) is 3. The third-order valence-corrected chi connectivity index (χ3v) is 2.91. The molecule has 4 heteroatoms. The second-order valence-electron chi connectivity index (χ2n) is 4.50. The number of hydrogen-bond donors (Lipinski definition) is 1. The molecule has 3 nitrogen and oxygen atoms in total. The monoisotopic (exact) mass is 255 g/mol. The molecule has 0 saturated heterocycles. The molecular weight excluding hydrogens is 238 g/mol. The highest BCUT2D eigenvalue weighted by Crippen LogP contribution is 2.28. The molecule has 0 aliphatic rings. The van der Waals surface area contributed by atoms with Gasteiger partial charge in [0.15, 0.2) is 5.78 Å². The Morgan fingerprint density at radius 1 is 1.47 bits per heavy atom. The molecule has 0 aromatic heterocycles. The Morgan fingerprint density at radius 3 is 2.59 bits per heavy atom. The number of carbonyl (C=O) groups excluding carboxylic acids is 1. The molecule has 0 bridgehead atoms. The molecule has 0 aliphatic heterocycles. The first kappa shape index (κ1) is 14.0. The van der Waals surface area contributed by atoms with Gasteiger partial charge in [-0.05, 0) is 25.1 Å². The minimum absolute atomic E-state index is 0.00931. The van der Waals surface area contributed by atoms with E-state index < -0.39 is 5.41 Å². The summed E-state index contributed by atoms with van der Waals surface area (Å²) in [6.45, 7) is 6.37. The Kier molecular flexibility index (Phi) is 4.54. The Balaban J connectivity index is 3.02. The highest BCUT2D eigenvalue weighted by Gasteiger charge is 2.27. The number of ether oxygens (including phenoxy) is 1. The van der Waals surface area contributed by atoms with Gasteiger partial charge < -0.3 is 10.5 Å². The summed E-state index contributed by atoms with van der Waals surface area (Å²) < 4.78 is 5.32. The van der Waals surface area contributed by atoms with E-state index in [-0.39, 0.29) is 5.78 Å². The van der Waals surface area contributed by atoms with Crippen LogP contribution in [0, 0.1) is 5.41 Å². The molecule has 0 unspecified atom stereocenters.